The van der Waals surface area contributed by atoms with Crippen molar-refractivity contribution in [1.29, 1.82) is 0 Å². The van der Waals surface area contributed by atoms with Crippen LogP contribution in [-0.2, 0) is 19.0 Å². The molecule has 0 heterocycles. The first kappa shape index (κ1) is 15.2. The lowest BCUT2D eigenvalue weighted by molar-refractivity contribution is -0.190. The van der Waals surface area contributed by atoms with Gasteiger partial charge in [-0.3, -0.25) is 0 Å². The Morgan fingerprint density at radius 2 is 1.88 bits per heavy atom. The number of hydrogen-bond donors (Lipinski definition) is 0. The Balaban J connectivity index is 3.73. The first-order valence-corrected chi connectivity index (χ1v) is 4.64. The minimum Gasteiger partial charge on any atom is -0.461 e. The standard InChI is InChI=1S/C9H15F3O4/c1-6(16-5-9(10,11)12)4-15-8(13)7(2)14-3/h6-7H,4-5H2,1-3H3. The summed E-state index contributed by atoms with van der Waals surface area (Å²) in [5.74, 6) is -0.634. The van der Waals surface area contributed by atoms with Crippen molar-refractivity contribution in [1.82, 2.24) is 0 Å². The molecule has 7 heteroatoms. The Kier molecular flexibility index (Phi) is 6.35. The molecule has 0 N–H and O–H groups in total. The van der Waals surface area contributed by atoms with E-state index in [1.54, 1.807) is 0 Å². The minimum absolute atomic E-state index is 0.234. The summed E-state index contributed by atoms with van der Waals surface area (Å²) >= 11 is 0. The normalized spacial score (nSPS) is 15.6. The van der Waals surface area contributed by atoms with Crippen LogP contribution in [0.25, 0.3) is 0 Å². The van der Waals surface area contributed by atoms with Gasteiger partial charge in [-0.25, -0.2) is 4.79 Å². The van der Waals surface area contributed by atoms with Gasteiger partial charge < -0.3 is 14.2 Å². The zero-order valence-electron chi connectivity index (χ0n) is 9.34. The van der Waals surface area contributed by atoms with Crippen molar-refractivity contribution in [3.05, 3.63) is 0 Å². The molecule has 4 nitrogen and oxygen atoms in total. The number of halogens is 3. The summed E-state index contributed by atoms with van der Waals surface area (Å²) in [6.45, 7) is 1.27. The number of ether oxygens (including phenoxy) is 3. The monoisotopic (exact) mass is 244 g/mol. The molecule has 0 aromatic carbocycles. The second-order valence-electron chi connectivity index (χ2n) is 3.24. The predicted octanol–water partition coefficient (Wildman–Crippen LogP) is 1.53. The van der Waals surface area contributed by atoms with Crippen LogP contribution >= 0.6 is 0 Å². The molecule has 0 saturated carbocycles. The van der Waals surface area contributed by atoms with Crippen LogP contribution in [0.5, 0.6) is 0 Å². The Morgan fingerprint density at radius 1 is 1.31 bits per heavy atom. The molecule has 2 atom stereocenters. The van der Waals surface area contributed by atoms with Gasteiger partial charge in [0.2, 0.25) is 0 Å². The quantitative estimate of drug-likeness (QED) is 0.665. The predicted molar refractivity (Wildman–Crippen MR) is 48.9 cm³/mol. The first-order valence-electron chi connectivity index (χ1n) is 4.64. The van der Waals surface area contributed by atoms with E-state index in [4.69, 9.17) is 0 Å². The molecule has 0 fully saturated rings. The largest absolute Gasteiger partial charge is 0.461 e. The van der Waals surface area contributed by atoms with Crippen LogP contribution in [0.3, 0.4) is 0 Å². The van der Waals surface area contributed by atoms with Crippen LogP contribution in [0.15, 0.2) is 0 Å². The minimum atomic E-state index is -4.38. The van der Waals surface area contributed by atoms with Gasteiger partial charge in [0.05, 0.1) is 6.10 Å². The molecule has 0 aliphatic heterocycles. The zero-order chi connectivity index (χ0) is 12.8. The molecule has 0 aliphatic rings. The van der Waals surface area contributed by atoms with Crippen LogP contribution in [-0.4, -0.2) is 44.7 Å². The number of esters is 1. The maximum absolute atomic E-state index is 11.7. The summed E-state index contributed by atoms with van der Waals surface area (Å²) in [5.41, 5.74) is 0. The number of carbonyl (C=O) groups excluding carboxylic acids is 1. The fraction of sp³-hybridized carbons (Fsp3) is 0.889. The van der Waals surface area contributed by atoms with E-state index in [-0.39, 0.29) is 6.61 Å². The van der Waals surface area contributed by atoms with Crippen molar-refractivity contribution < 1.29 is 32.2 Å². The van der Waals surface area contributed by atoms with Gasteiger partial charge in [-0.2, -0.15) is 13.2 Å². The van der Waals surface area contributed by atoms with Crippen molar-refractivity contribution in [2.45, 2.75) is 32.2 Å². The van der Waals surface area contributed by atoms with Crippen LogP contribution in [0.2, 0.25) is 0 Å². The third-order valence-electron chi connectivity index (χ3n) is 1.68. The van der Waals surface area contributed by atoms with Gasteiger partial charge in [0, 0.05) is 7.11 Å². The fourth-order valence-electron chi connectivity index (χ4n) is 0.698. The molecule has 0 bridgehead atoms. The second-order valence-corrected chi connectivity index (χ2v) is 3.24. The number of carbonyl (C=O) groups is 1. The van der Waals surface area contributed by atoms with Crippen LogP contribution in [0.1, 0.15) is 13.8 Å². The van der Waals surface area contributed by atoms with E-state index in [9.17, 15) is 18.0 Å². The van der Waals surface area contributed by atoms with Gasteiger partial charge in [0.1, 0.15) is 13.2 Å². The van der Waals surface area contributed by atoms with Crippen molar-refractivity contribution in [2.75, 3.05) is 20.3 Å². The van der Waals surface area contributed by atoms with E-state index in [0.29, 0.717) is 0 Å². The van der Waals surface area contributed by atoms with E-state index >= 15 is 0 Å². The number of rotatable bonds is 6. The topological polar surface area (TPSA) is 44.8 Å². The summed E-state index contributed by atoms with van der Waals surface area (Å²) in [6, 6.07) is 0. The van der Waals surface area contributed by atoms with Gasteiger partial charge in [-0.05, 0) is 13.8 Å². The van der Waals surface area contributed by atoms with Crippen molar-refractivity contribution in [2.24, 2.45) is 0 Å². The lowest BCUT2D eigenvalue weighted by Crippen LogP contribution is -2.28. The molecule has 0 saturated heterocycles. The Hall–Kier alpha value is -0.820. The van der Waals surface area contributed by atoms with Gasteiger partial charge in [-0.1, -0.05) is 0 Å². The highest BCUT2D eigenvalue weighted by molar-refractivity contribution is 5.74. The zero-order valence-corrected chi connectivity index (χ0v) is 9.34. The summed E-state index contributed by atoms with van der Waals surface area (Å²) in [7, 11) is 1.33. The van der Waals surface area contributed by atoms with E-state index in [0.717, 1.165) is 0 Å². The summed E-state index contributed by atoms with van der Waals surface area (Å²) in [4.78, 5) is 11.1. The highest BCUT2D eigenvalue weighted by Crippen LogP contribution is 2.15. The molecule has 0 aliphatic carbocycles. The molecule has 16 heavy (non-hydrogen) atoms. The smallest absolute Gasteiger partial charge is 0.411 e. The highest BCUT2D eigenvalue weighted by atomic mass is 19.4. The average molecular weight is 244 g/mol. The van der Waals surface area contributed by atoms with E-state index < -0.39 is 31.0 Å². The van der Waals surface area contributed by atoms with Crippen LogP contribution in [0.4, 0.5) is 13.2 Å². The lowest BCUT2D eigenvalue weighted by Gasteiger charge is -2.16. The van der Waals surface area contributed by atoms with Crippen molar-refractivity contribution >= 4 is 5.97 Å². The molecule has 0 amide bonds. The average Bonchev–Trinajstić information content (AvgIpc) is 2.20. The highest BCUT2D eigenvalue weighted by Gasteiger charge is 2.28. The molecule has 0 aromatic rings. The maximum Gasteiger partial charge on any atom is 0.411 e. The molecule has 0 rings (SSSR count). The van der Waals surface area contributed by atoms with Gasteiger partial charge in [0.15, 0.2) is 6.10 Å². The summed E-state index contributed by atoms with van der Waals surface area (Å²) < 4.78 is 49.0. The van der Waals surface area contributed by atoms with Crippen LogP contribution in [0, 0.1) is 0 Å². The second kappa shape index (κ2) is 6.70. The third-order valence-corrected chi connectivity index (χ3v) is 1.68. The van der Waals surface area contributed by atoms with E-state index in [2.05, 4.69) is 14.2 Å². The number of alkyl halides is 3. The molecule has 0 spiro atoms. The van der Waals surface area contributed by atoms with Gasteiger partial charge in [-0.15, -0.1) is 0 Å². The van der Waals surface area contributed by atoms with Crippen molar-refractivity contribution in [3.8, 4) is 0 Å². The number of hydrogen-bond acceptors (Lipinski definition) is 4. The SMILES string of the molecule is COC(C)C(=O)OCC(C)OCC(F)(F)F. The maximum atomic E-state index is 11.7. The first-order chi connectivity index (χ1) is 7.26. The summed E-state index contributed by atoms with van der Waals surface area (Å²) in [6.07, 6.45) is -5.93. The lowest BCUT2D eigenvalue weighted by atomic mass is 10.4. The van der Waals surface area contributed by atoms with Crippen LogP contribution < -0.4 is 0 Å². The number of methoxy groups -OCH3 is 1. The van der Waals surface area contributed by atoms with Crippen molar-refractivity contribution in [3.63, 3.8) is 0 Å². The van der Waals surface area contributed by atoms with E-state index in [1.165, 1.54) is 21.0 Å². The molecular formula is C9H15F3O4. The summed E-state index contributed by atoms with van der Waals surface area (Å²) in [5, 5.41) is 0. The molecular weight excluding hydrogens is 229 g/mol. The fourth-order valence-corrected chi connectivity index (χ4v) is 0.698. The van der Waals surface area contributed by atoms with E-state index in [1.807, 2.05) is 0 Å². The third kappa shape index (κ3) is 7.47. The Bertz CT molecular complexity index is 217. The van der Waals surface area contributed by atoms with Gasteiger partial charge >= 0.3 is 12.1 Å². The van der Waals surface area contributed by atoms with Gasteiger partial charge in [0.25, 0.3) is 0 Å². The Labute approximate surface area is 91.7 Å². The molecule has 96 valence electrons. The molecule has 2 unspecified atom stereocenters. The Morgan fingerprint density at radius 3 is 2.31 bits per heavy atom. The molecule has 0 aromatic heterocycles. The molecule has 0 radical (unpaired) electrons.